The van der Waals surface area contributed by atoms with Crippen molar-refractivity contribution in [3.05, 3.63) is 112 Å². The van der Waals surface area contributed by atoms with Crippen LogP contribution in [0.4, 0.5) is 5.69 Å². The Morgan fingerprint density at radius 1 is 0.909 bits per heavy atom. The maximum Gasteiger partial charge on any atom is 0.343 e. The summed E-state index contributed by atoms with van der Waals surface area (Å²) in [7, 11) is 0. The van der Waals surface area contributed by atoms with E-state index in [9.17, 15) is 19.7 Å². The number of hydrogen-bond donors (Lipinski definition) is 0. The highest BCUT2D eigenvalue weighted by Crippen LogP contribution is 2.40. The van der Waals surface area contributed by atoms with Gasteiger partial charge in [0.1, 0.15) is 5.76 Å². The molecule has 0 aliphatic heterocycles. The summed E-state index contributed by atoms with van der Waals surface area (Å²) in [4.78, 5) is 37.7. The van der Waals surface area contributed by atoms with Gasteiger partial charge in [-0.3, -0.25) is 14.9 Å². The normalized spacial score (nSPS) is 17.3. The van der Waals surface area contributed by atoms with Gasteiger partial charge in [-0.1, -0.05) is 60.7 Å². The molecule has 6 nitrogen and oxygen atoms in total. The predicted octanol–water partition coefficient (Wildman–Crippen LogP) is 6.08. The number of nitrogens with zero attached hydrogens (tertiary/aromatic N) is 1. The fourth-order valence-corrected chi connectivity index (χ4v) is 4.98. The first kappa shape index (κ1) is 22.5. The number of benzene rings is 3. The third-order valence-electron chi connectivity index (χ3n) is 5.33. The monoisotopic (exact) mass is 459 g/mol. The van der Waals surface area contributed by atoms with E-state index in [-0.39, 0.29) is 17.2 Å². The fraction of sp³-hybridized carbons (Fsp3) is 0.154. The second kappa shape index (κ2) is 10.3. The summed E-state index contributed by atoms with van der Waals surface area (Å²) in [5, 5.41) is 10.9. The van der Waals surface area contributed by atoms with Gasteiger partial charge in [-0.05, 0) is 37.5 Å². The van der Waals surface area contributed by atoms with E-state index in [2.05, 4.69) is 0 Å². The molecule has 1 fully saturated rings. The van der Waals surface area contributed by atoms with Crippen molar-refractivity contribution in [1.82, 2.24) is 0 Å². The number of ether oxygens (including phenoxy) is 1. The van der Waals surface area contributed by atoms with Crippen molar-refractivity contribution in [3.63, 3.8) is 0 Å². The molecule has 3 aromatic rings. The Balaban J connectivity index is 1.69. The lowest BCUT2D eigenvalue weighted by Crippen LogP contribution is -2.26. The number of rotatable bonds is 6. The summed E-state index contributed by atoms with van der Waals surface area (Å²) in [5.41, 5.74) is 1.44. The summed E-state index contributed by atoms with van der Waals surface area (Å²) >= 11 is 1.19. The minimum atomic E-state index is -0.539. The summed E-state index contributed by atoms with van der Waals surface area (Å²) < 4.78 is 5.80. The van der Waals surface area contributed by atoms with E-state index in [1.807, 2.05) is 24.3 Å². The number of thioether (sulfide) groups is 1. The molecule has 4 rings (SSSR count). The van der Waals surface area contributed by atoms with Crippen LogP contribution in [0.3, 0.4) is 0 Å². The highest BCUT2D eigenvalue weighted by atomic mass is 32.2. The van der Waals surface area contributed by atoms with Crippen molar-refractivity contribution < 1.29 is 19.2 Å². The van der Waals surface area contributed by atoms with Gasteiger partial charge in [-0.25, -0.2) is 4.79 Å². The maximum absolute atomic E-state index is 13.5. The molecule has 1 atom stereocenters. The Bertz CT molecular complexity index is 1210. The minimum absolute atomic E-state index is 0.0230. The molecule has 0 saturated heterocycles. The quantitative estimate of drug-likeness (QED) is 0.146. The number of allylic oxidation sites excluding steroid dienone is 1. The van der Waals surface area contributed by atoms with Crippen molar-refractivity contribution in [2.75, 3.05) is 0 Å². The number of carbonyl (C=O) groups excluding carboxylic acids is 2. The summed E-state index contributed by atoms with van der Waals surface area (Å²) in [6.45, 7) is 0. The van der Waals surface area contributed by atoms with Gasteiger partial charge in [0.2, 0.25) is 0 Å². The molecule has 0 bridgehead atoms. The molecule has 0 spiro atoms. The highest BCUT2D eigenvalue weighted by molar-refractivity contribution is 8.00. The van der Waals surface area contributed by atoms with Crippen LogP contribution in [0.5, 0.6) is 0 Å². The third-order valence-corrected chi connectivity index (χ3v) is 6.66. The van der Waals surface area contributed by atoms with Crippen molar-refractivity contribution in [2.24, 2.45) is 0 Å². The summed E-state index contributed by atoms with van der Waals surface area (Å²) in [5.74, 6) is -0.449. The number of carbonyl (C=O) groups is 2. The summed E-state index contributed by atoms with van der Waals surface area (Å²) in [6, 6.07) is 24.1. The third kappa shape index (κ3) is 5.21. The number of hydrogen-bond acceptors (Lipinski definition) is 6. The van der Waals surface area contributed by atoms with Gasteiger partial charge in [0.25, 0.3) is 5.69 Å². The van der Waals surface area contributed by atoms with Gasteiger partial charge < -0.3 is 4.74 Å². The van der Waals surface area contributed by atoms with E-state index in [1.165, 1.54) is 17.8 Å². The van der Waals surface area contributed by atoms with E-state index in [0.29, 0.717) is 40.9 Å². The van der Waals surface area contributed by atoms with Gasteiger partial charge in [0.15, 0.2) is 5.78 Å². The minimum Gasteiger partial charge on any atom is -0.422 e. The SMILES string of the molecule is O=C(O/C(=C1\CCCC(Sc2ccccc2[N+](=O)[O-])C1=O)c1ccccc1)c1ccccc1. The molecule has 0 heterocycles. The van der Waals surface area contributed by atoms with Crippen molar-refractivity contribution in [2.45, 2.75) is 29.4 Å². The van der Waals surface area contributed by atoms with E-state index < -0.39 is 16.1 Å². The molecule has 166 valence electrons. The van der Waals surface area contributed by atoms with Crippen LogP contribution in [0, 0.1) is 10.1 Å². The first-order valence-electron chi connectivity index (χ1n) is 10.5. The van der Waals surface area contributed by atoms with Gasteiger partial charge in [-0.15, -0.1) is 11.8 Å². The Morgan fingerprint density at radius 3 is 2.18 bits per heavy atom. The Hall–Kier alpha value is -3.71. The summed E-state index contributed by atoms with van der Waals surface area (Å²) in [6.07, 6.45) is 1.77. The van der Waals surface area contributed by atoms with E-state index in [0.717, 1.165) is 0 Å². The molecule has 0 radical (unpaired) electrons. The predicted molar refractivity (Wildman–Crippen MR) is 127 cm³/mol. The highest BCUT2D eigenvalue weighted by Gasteiger charge is 2.33. The zero-order valence-electron chi connectivity index (χ0n) is 17.7. The number of para-hydroxylation sites is 1. The maximum atomic E-state index is 13.5. The van der Waals surface area contributed by atoms with Gasteiger partial charge in [-0.2, -0.15) is 0 Å². The molecular formula is C26H21NO5S. The number of ketones is 1. The number of Topliss-reactive ketones (excluding diaryl/α,β-unsaturated/α-hetero) is 1. The lowest BCUT2D eigenvalue weighted by molar-refractivity contribution is -0.387. The molecule has 0 aromatic heterocycles. The lowest BCUT2D eigenvalue weighted by Gasteiger charge is -2.24. The molecule has 1 saturated carbocycles. The van der Waals surface area contributed by atoms with Crippen LogP contribution in [0.1, 0.15) is 35.2 Å². The largest absolute Gasteiger partial charge is 0.422 e. The van der Waals surface area contributed by atoms with Crippen LogP contribution in [-0.2, 0) is 9.53 Å². The Labute approximate surface area is 195 Å². The van der Waals surface area contributed by atoms with Crippen molar-refractivity contribution in [1.29, 1.82) is 0 Å². The zero-order valence-corrected chi connectivity index (χ0v) is 18.5. The molecule has 1 aliphatic rings. The van der Waals surface area contributed by atoms with Crippen molar-refractivity contribution in [3.8, 4) is 0 Å². The standard InChI is InChI=1S/C26H21NO5S/c28-24-20(14-9-17-23(24)33-22-16-8-7-15-21(22)27(30)31)25(18-10-3-1-4-11-18)32-26(29)19-12-5-2-6-13-19/h1-8,10-13,15-16,23H,9,14,17H2/b25-20+. The van der Waals surface area contributed by atoms with E-state index >= 15 is 0 Å². The van der Waals surface area contributed by atoms with E-state index in [1.54, 1.807) is 54.6 Å². The van der Waals surface area contributed by atoms with E-state index in [4.69, 9.17) is 4.74 Å². The molecule has 3 aromatic carbocycles. The topological polar surface area (TPSA) is 86.5 Å². The second-order valence-corrected chi connectivity index (χ2v) is 8.76. The second-order valence-electron chi connectivity index (χ2n) is 7.52. The molecule has 1 unspecified atom stereocenters. The van der Waals surface area contributed by atoms with Gasteiger partial charge in [0, 0.05) is 17.2 Å². The average Bonchev–Trinajstić information content (AvgIpc) is 2.85. The van der Waals surface area contributed by atoms with Gasteiger partial charge in [0.05, 0.1) is 20.6 Å². The molecule has 1 aliphatic carbocycles. The average molecular weight is 460 g/mol. The van der Waals surface area contributed by atoms with Crippen LogP contribution in [-0.4, -0.2) is 21.9 Å². The number of nitro groups is 1. The molecule has 7 heteroatoms. The molecule has 0 amide bonds. The van der Waals surface area contributed by atoms with Crippen LogP contribution >= 0.6 is 11.8 Å². The lowest BCUT2D eigenvalue weighted by atomic mass is 9.90. The molecule has 0 N–H and O–H groups in total. The first-order chi connectivity index (χ1) is 16.0. The van der Waals surface area contributed by atoms with Crippen LogP contribution in [0.2, 0.25) is 0 Å². The number of nitro benzene ring substituents is 1. The smallest absolute Gasteiger partial charge is 0.343 e. The van der Waals surface area contributed by atoms with Crippen LogP contribution in [0.15, 0.2) is 95.4 Å². The fourth-order valence-electron chi connectivity index (χ4n) is 3.72. The molecule has 33 heavy (non-hydrogen) atoms. The Morgan fingerprint density at radius 2 is 1.52 bits per heavy atom. The zero-order chi connectivity index (χ0) is 23.2. The van der Waals surface area contributed by atoms with Crippen molar-refractivity contribution >= 4 is 35.0 Å². The van der Waals surface area contributed by atoms with Gasteiger partial charge >= 0.3 is 5.97 Å². The van der Waals surface area contributed by atoms with Crippen LogP contribution in [0.25, 0.3) is 5.76 Å². The molecular weight excluding hydrogens is 438 g/mol. The number of esters is 1. The first-order valence-corrected chi connectivity index (χ1v) is 11.4. The van der Waals surface area contributed by atoms with Crippen LogP contribution < -0.4 is 0 Å². The Kier molecular flexibility index (Phi) is 7.00.